The van der Waals surface area contributed by atoms with Crippen LogP contribution in [0.5, 0.6) is 5.75 Å². The maximum Gasteiger partial charge on any atom is 0.124 e. The van der Waals surface area contributed by atoms with Crippen LogP contribution in [0.15, 0.2) is 24.3 Å². The van der Waals surface area contributed by atoms with E-state index in [4.69, 9.17) is 15.2 Å². The lowest BCUT2D eigenvalue weighted by atomic mass is 10.0. The van der Waals surface area contributed by atoms with Crippen LogP contribution in [0, 0.1) is 0 Å². The largest absolute Gasteiger partial charge is 0.488 e. The molecule has 3 heteroatoms. The Kier molecular flexibility index (Phi) is 5.29. The second-order valence-corrected chi connectivity index (χ2v) is 3.94. The van der Waals surface area contributed by atoms with Gasteiger partial charge in [0.1, 0.15) is 11.9 Å². The topological polar surface area (TPSA) is 44.5 Å². The highest BCUT2D eigenvalue weighted by Gasteiger charge is 2.12. The van der Waals surface area contributed by atoms with Gasteiger partial charge in [-0.15, -0.1) is 0 Å². The number of rotatable bonds is 6. The molecule has 0 radical (unpaired) electrons. The van der Waals surface area contributed by atoms with E-state index in [2.05, 4.69) is 6.92 Å². The first kappa shape index (κ1) is 13.0. The van der Waals surface area contributed by atoms with E-state index < -0.39 is 0 Å². The summed E-state index contributed by atoms with van der Waals surface area (Å²) in [6, 6.07) is 7.95. The zero-order valence-electron chi connectivity index (χ0n) is 10.3. The van der Waals surface area contributed by atoms with Crippen LogP contribution >= 0.6 is 0 Å². The van der Waals surface area contributed by atoms with E-state index in [9.17, 15) is 0 Å². The summed E-state index contributed by atoms with van der Waals surface area (Å²) < 4.78 is 10.9. The summed E-state index contributed by atoms with van der Waals surface area (Å²) in [6.07, 6.45) is 0.939. The Labute approximate surface area is 97.6 Å². The van der Waals surface area contributed by atoms with Gasteiger partial charge in [0.15, 0.2) is 0 Å². The number of methoxy groups -OCH3 is 1. The average Bonchev–Trinajstić information content (AvgIpc) is 2.29. The van der Waals surface area contributed by atoms with Crippen LogP contribution in [0.3, 0.4) is 0 Å². The van der Waals surface area contributed by atoms with E-state index in [1.807, 2.05) is 31.2 Å². The maximum atomic E-state index is 6.03. The summed E-state index contributed by atoms with van der Waals surface area (Å²) in [6.45, 7) is 4.63. The van der Waals surface area contributed by atoms with Gasteiger partial charge >= 0.3 is 0 Å². The van der Waals surface area contributed by atoms with Crippen LogP contribution in [-0.2, 0) is 4.74 Å². The summed E-state index contributed by atoms with van der Waals surface area (Å²) in [5.74, 6) is 0.862. The van der Waals surface area contributed by atoms with Crippen molar-refractivity contribution in [2.75, 3.05) is 13.7 Å². The Hall–Kier alpha value is -1.06. The van der Waals surface area contributed by atoms with Crippen LogP contribution in [0.1, 0.15) is 31.9 Å². The number of hydrogen-bond acceptors (Lipinski definition) is 3. The van der Waals surface area contributed by atoms with Crippen molar-refractivity contribution in [1.29, 1.82) is 0 Å². The van der Waals surface area contributed by atoms with Gasteiger partial charge in [-0.25, -0.2) is 0 Å². The quantitative estimate of drug-likeness (QED) is 0.806. The van der Waals surface area contributed by atoms with Crippen LogP contribution in [0.25, 0.3) is 0 Å². The Morgan fingerprint density at radius 2 is 2.00 bits per heavy atom. The molecule has 0 aliphatic carbocycles. The Balaban J connectivity index is 2.78. The molecule has 0 bridgehead atoms. The molecule has 16 heavy (non-hydrogen) atoms. The molecule has 1 aromatic carbocycles. The van der Waals surface area contributed by atoms with Gasteiger partial charge in [-0.05, 0) is 19.4 Å². The molecule has 0 saturated heterocycles. The van der Waals surface area contributed by atoms with Crippen molar-refractivity contribution in [2.45, 2.75) is 32.4 Å². The molecule has 0 heterocycles. The van der Waals surface area contributed by atoms with E-state index in [0.717, 1.165) is 17.7 Å². The molecule has 2 unspecified atom stereocenters. The number of nitrogens with two attached hydrogens (primary N) is 1. The van der Waals surface area contributed by atoms with Crippen molar-refractivity contribution >= 4 is 0 Å². The second kappa shape index (κ2) is 6.51. The van der Waals surface area contributed by atoms with Crippen molar-refractivity contribution < 1.29 is 9.47 Å². The van der Waals surface area contributed by atoms with Gasteiger partial charge < -0.3 is 15.2 Å². The molecule has 1 rings (SSSR count). The lowest BCUT2D eigenvalue weighted by molar-refractivity contribution is 0.0911. The first-order valence-electron chi connectivity index (χ1n) is 5.69. The van der Waals surface area contributed by atoms with Gasteiger partial charge in [0.25, 0.3) is 0 Å². The van der Waals surface area contributed by atoms with Crippen molar-refractivity contribution in [3.63, 3.8) is 0 Å². The molecular formula is C13H21NO2. The Morgan fingerprint density at radius 3 is 2.62 bits per heavy atom. The van der Waals surface area contributed by atoms with Crippen LogP contribution in [0.2, 0.25) is 0 Å². The minimum Gasteiger partial charge on any atom is -0.488 e. The minimum absolute atomic E-state index is 0.0333. The van der Waals surface area contributed by atoms with E-state index in [-0.39, 0.29) is 12.1 Å². The van der Waals surface area contributed by atoms with E-state index in [0.29, 0.717) is 6.61 Å². The molecular weight excluding hydrogens is 202 g/mol. The predicted octanol–water partition coefficient (Wildman–Crippen LogP) is 2.51. The van der Waals surface area contributed by atoms with Crippen molar-refractivity contribution in [1.82, 2.24) is 0 Å². The van der Waals surface area contributed by atoms with Crippen molar-refractivity contribution in [3.05, 3.63) is 29.8 Å². The van der Waals surface area contributed by atoms with Gasteiger partial charge in [-0.3, -0.25) is 0 Å². The molecule has 0 aliphatic rings. The smallest absolute Gasteiger partial charge is 0.124 e. The SMILES string of the molecule is CCC(N)c1ccccc1OC(C)COC. The van der Waals surface area contributed by atoms with Gasteiger partial charge in [0.2, 0.25) is 0 Å². The summed E-state index contributed by atoms with van der Waals surface area (Å²) in [5.41, 5.74) is 7.10. The van der Waals surface area contributed by atoms with Gasteiger partial charge in [-0.1, -0.05) is 25.1 Å². The Bertz CT molecular complexity index is 315. The third-order valence-corrected chi connectivity index (χ3v) is 2.49. The Morgan fingerprint density at radius 1 is 1.31 bits per heavy atom. The summed E-state index contributed by atoms with van der Waals surface area (Å²) in [5, 5.41) is 0. The van der Waals surface area contributed by atoms with E-state index >= 15 is 0 Å². The molecule has 0 aliphatic heterocycles. The molecule has 0 amide bonds. The van der Waals surface area contributed by atoms with Gasteiger partial charge in [0.05, 0.1) is 6.61 Å². The van der Waals surface area contributed by atoms with Crippen LogP contribution < -0.4 is 10.5 Å². The summed E-state index contributed by atoms with van der Waals surface area (Å²) in [7, 11) is 1.67. The molecule has 0 spiro atoms. The van der Waals surface area contributed by atoms with Crippen LogP contribution in [-0.4, -0.2) is 19.8 Å². The monoisotopic (exact) mass is 223 g/mol. The first-order chi connectivity index (χ1) is 7.69. The second-order valence-electron chi connectivity index (χ2n) is 3.94. The maximum absolute atomic E-state index is 6.03. The molecule has 0 aromatic heterocycles. The fourth-order valence-electron chi connectivity index (χ4n) is 1.60. The minimum atomic E-state index is 0.0333. The number of hydrogen-bond donors (Lipinski definition) is 1. The first-order valence-corrected chi connectivity index (χ1v) is 5.69. The molecule has 0 saturated carbocycles. The highest BCUT2D eigenvalue weighted by Crippen LogP contribution is 2.26. The zero-order valence-corrected chi connectivity index (χ0v) is 10.3. The normalized spacial score (nSPS) is 14.5. The highest BCUT2D eigenvalue weighted by molar-refractivity contribution is 5.35. The summed E-state index contributed by atoms with van der Waals surface area (Å²) in [4.78, 5) is 0. The third-order valence-electron chi connectivity index (χ3n) is 2.49. The third kappa shape index (κ3) is 3.51. The predicted molar refractivity (Wildman–Crippen MR) is 65.6 cm³/mol. The van der Waals surface area contributed by atoms with E-state index in [1.165, 1.54) is 0 Å². The lowest BCUT2D eigenvalue weighted by Gasteiger charge is -2.19. The van der Waals surface area contributed by atoms with Gasteiger partial charge in [0, 0.05) is 18.7 Å². The highest BCUT2D eigenvalue weighted by atomic mass is 16.5. The van der Waals surface area contributed by atoms with Crippen molar-refractivity contribution in [3.8, 4) is 5.75 Å². The summed E-state index contributed by atoms with van der Waals surface area (Å²) >= 11 is 0. The average molecular weight is 223 g/mol. The molecule has 90 valence electrons. The standard InChI is InChI=1S/C13H21NO2/c1-4-12(14)11-7-5-6-8-13(11)16-10(2)9-15-3/h5-8,10,12H,4,9,14H2,1-3H3. The number of ether oxygens (including phenoxy) is 2. The fourth-order valence-corrected chi connectivity index (χ4v) is 1.60. The fraction of sp³-hybridized carbons (Fsp3) is 0.538. The number of para-hydroxylation sites is 1. The molecule has 0 fully saturated rings. The molecule has 2 N–H and O–H groups in total. The number of benzene rings is 1. The lowest BCUT2D eigenvalue weighted by Crippen LogP contribution is -2.20. The van der Waals surface area contributed by atoms with E-state index in [1.54, 1.807) is 7.11 Å². The van der Waals surface area contributed by atoms with Crippen LogP contribution in [0.4, 0.5) is 0 Å². The molecule has 3 nitrogen and oxygen atoms in total. The van der Waals surface area contributed by atoms with Crippen molar-refractivity contribution in [2.24, 2.45) is 5.73 Å². The molecule has 2 atom stereocenters. The molecule has 1 aromatic rings. The zero-order chi connectivity index (χ0) is 12.0. The van der Waals surface area contributed by atoms with Gasteiger partial charge in [-0.2, -0.15) is 0 Å².